The number of fused-ring (bicyclic) bond motifs is 1. The van der Waals surface area contributed by atoms with E-state index in [-0.39, 0.29) is 11.8 Å². The number of hydrogen-bond acceptors (Lipinski definition) is 3. The molecular weight excluding hydrogens is 290 g/mol. The Morgan fingerprint density at radius 3 is 3.00 bits per heavy atom. The largest absolute Gasteiger partial charge is 0.381 e. The van der Waals surface area contributed by atoms with E-state index in [0.29, 0.717) is 6.61 Å². The third kappa shape index (κ3) is 3.92. The lowest BCUT2D eigenvalue weighted by Crippen LogP contribution is -2.30. The van der Waals surface area contributed by atoms with Gasteiger partial charge in [0.15, 0.2) is 0 Å². The minimum absolute atomic E-state index is 0.0278. The molecule has 1 aliphatic rings. The van der Waals surface area contributed by atoms with Crippen molar-refractivity contribution < 1.29 is 9.53 Å². The number of benzene rings is 1. The first kappa shape index (κ1) is 16.0. The molecule has 0 radical (unpaired) electrons. The molecule has 1 atom stereocenters. The molecule has 1 aromatic heterocycles. The minimum atomic E-state index is -0.0278. The Bertz CT molecular complexity index is 672. The topological polar surface area (TPSA) is 46.5 Å². The number of aromatic nitrogens is 1. The highest BCUT2D eigenvalue weighted by atomic mass is 16.5. The third-order valence-electron chi connectivity index (χ3n) is 4.36. The molecule has 1 N–H and O–H groups in total. The molecule has 0 bridgehead atoms. The van der Waals surface area contributed by atoms with Gasteiger partial charge in [0.2, 0.25) is 5.91 Å². The van der Waals surface area contributed by atoms with E-state index in [1.54, 1.807) is 0 Å². The predicted octanol–water partition coefficient (Wildman–Crippen LogP) is 2.57. The van der Waals surface area contributed by atoms with Crippen molar-refractivity contribution in [3.8, 4) is 0 Å². The summed E-state index contributed by atoms with van der Waals surface area (Å²) in [5, 5.41) is 4.24. The van der Waals surface area contributed by atoms with Crippen LogP contribution in [0.2, 0.25) is 0 Å². The zero-order valence-electron chi connectivity index (χ0n) is 13.9. The summed E-state index contributed by atoms with van der Waals surface area (Å²) in [6.45, 7) is 3.23. The molecule has 1 fully saturated rings. The van der Waals surface area contributed by atoms with Gasteiger partial charge in [-0.1, -0.05) is 6.07 Å². The van der Waals surface area contributed by atoms with Gasteiger partial charge in [0, 0.05) is 31.6 Å². The van der Waals surface area contributed by atoms with Crippen LogP contribution in [0, 0.1) is 5.92 Å². The number of likely N-dealkylation sites (N-methyl/N-ethyl adjacent to an activating group) is 1. The van der Waals surface area contributed by atoms with Gasteiger partial charge in [0.25, 0.3) is 0 Å². The molecule has 5 nitrogen and oxygen atoms in total. The Hall–Kier alpha value is -1.85. The molecule has 23 heavy (non-hydrogen) atoms. The molecule has 2 heterocycles. The number of ether oxygens (including phenoxy) is 1. The first-order valence-corrected chi connectivity index (χ1v) is 8.26. The first-order valence-electron chi connectivity index (χ1n) is 8.26. The van der Waals surface area contributed by atoms with Crippen LogP contribution >= 0.6 is 0 Å². The van der Waals surface area contributed by atoms with E-state index in [1.807, 2.05) is 6.07 Å². The maximum absolute atomic E-state index is 12.3. The number of hydrogen-bond donors (Lipinski definition) is 1. The zero-order valence-corrected chi connectivity index (χ0v) is 13.9. The van der Waals surface area contributed by atoms with Crippen molar-refractivity contribution in [3.05, 3.63) is 30.5 Å². The summed E-state index contributed by atoms with van der Waals surface area (Å²) in [5.41, 5.74) is 2.02. The predicted molar refractivity (Wildman–Crippen MR) is 92.7 cm³/mol. The van der Waals surface area contributed by atoms with Crippen LogP contribution in [0.25, 0.3) is 10.9 Å². The van der Waals surface area contributed by atoms with Crippen LogP contribution in [0.1, 0.15) is 12.8 Å². The lowest BCUT2D eigenvalue weighted by atomic mass is 10.0. The van der Waals surface area contributed by atoms with Crippen LogP contribution in [0.4, 0.5) is 5.69 Å². The average molecular weight is 315 g/mol. The van der Waals surface area contributed by atoms with Crippen LogP contribution in [0.3, 0.4) is 0 Å². The fraction of sp³-hybridized carbons (Fsp3) is 0.500. The van der Waals surface area contributed by atoms with Gasteiger partial charge in [-0.2, -0.15) is 0 Å². The molecule has 1 saturated heterocycles. The molecule has 0 unspecified atom stereocenters. The van der Waals surface area contributed by atoms with Crippen molar-refractivity contribution in [2.75, 3.05) is 39.2 Å². The highest BCUT2D eigenvalue weighted by Crippen LogP contribution is 2.22. The van der Waals surface area contributed by atoms with Crippen LogP contribution in [0.5, 0.6) is 0 Å². The Balaban J connectivity index is 1.73. The van der Waals surface area contributed by atoms with Crippen LogP contribution in [-0.2, 0) is 16.1 Å². The molecule has 1 aromatic carbocycles. The smallest absolute Gasteiger partial charge is 0.229 e. The summed E-state index contributed by atoms with van der Waals surface area (Å²) < 4.78 is 7.63. The van der Waals surface area contributed by atoms with E-state index in [2.05, 4.69) is 53.3 Å². The van der Waals surface area contributed by atoms with Gasteiger partial charge in [0.05, 0.1) is 18.0 Å². The Labute approximate surface area is 137 Å². The maximum atomic E-state index is 12.3. The molecule has 0 saturated carbocycles. The van der Waals surface area contributed by atoms with Crippen molar-refractivity contribution in [3.63, 3.8) is 0 Å². The number of anilines is 1. The van der Waals surface area contributed by atoms with Crippen molar-refractivity contribution in [2.24, 2.45) is 5.92 Å². The molecule has 0 aliphatic carbocycles. The van der Waals surface area contributed by atoms with E-state index < -0.39 is 0 Å². The van der Waals surface area contributed by atoms with Crippen LogP contribution < -0.4 is 5.32 Å². The van der Waals surface area contributed by atoms with Crippen LogP contribution in [0.15, 0.2) is 30.5 Å². The second kappa shape index (κ2) is 7.15. The van der Waals surface area contributed by atoms with Crippen molar-refractivity contribution in [2.45, 2.75) is 19.4 Å². The number of carbonyl (C=O) groups excluding carboxylic acids is 1. The quantitative estimate of drug-likeness (QED) is 0.922. The summed E-state index contributed by atoms with van der Waals surface area (Å²) in [7, 11) is 4.15. The van der Waals surface area contributed by atoms with Gasteiger partial charge in [-0.15, -0.1) is 0 Å². The van der Waals surface area contributed by atoms with Gasteiger partial charge in [0.1, 0.15) is 0 Å². The summed E-state index contributed by atoms with van der Waals surface area (Å²) in [5.74, 6) is 0.0374. The maximum Gasteiger partial charge on any atom is 0.229 e. The second-order valence-corrected chi connectivity index (χ2v) is 6.49. The number of rotatable bonds is 5. The first-order chi connectivity index (χ1) is 11.1. The SMILES string of the molecule is CN(C)CCn1ccc2ccc(NC(=O)[C@H]3CCCOC3)cc21. The third-order valence-corrected chi connectivity index (χ3v) is 4.36. The molecule has 124 valence electrons. The Morgan fingerprint density at radius 2 is 2.26 bits per heavy atom. The van der Waals surface area contributed by atoms with Gasteiger partial charge in [-0.25, -0.2) is 0 Å². The monoisotopic (exact) mass is 315 g/mol. The lowest BCUT2D eigenvalue weighted by molar-refractivity contribution is -0.123. The van der Waals surface area contributed by atoms with E-state index >= 15 is 0 Å². The second-order valence-electron chi connectivity index (χ2n) is 6.49. The molecule has 1 aliphatic heterocycles. The fourth-order valence-electron chi connectivity index (χ4n) is 2.96. The van der Waals surface area contributed by atoms with Crippen LogP contribution in [-0.4, -0.2) is 49.2 Å². The molecule has 0 spiro atoms. The zero-order chi connectivity index (χ0) is 16.2. The highest BCUT2D eigenvalue weighted by Gasteiger charge is 2.21. The Morgan fingerprint density at radius 1 is 1.39 bits per heavy atom. The summed E-state index contributed by atoms with van der Waals surface area (Å²) >= 11 is 0. The number of amides is 1. The summed E-state index contributed by atoms with van der Waals surface area (Å²) in [6.07, 6.45) is 3.98. The summed E-state index contributed by atoms with van der Waals surface area (Å²) in [4.78, 5) is 14.5. The standard InChI is InChI=1S/C18H25N3O2/c1-20(2)9-10-21-8-7-14-5-6-16(12-17(14)21)19-18(22)15-4-3-11-23-13-15/h5-8,12,15H,3-4,9-11,13H2,1-2H3,(H,19,22)/t15-/m0/s1. The van der Waals surface area contributed by atoms with Crippen molar-refractivity contribution >= 4 is 22.5 Å². The van der Waals surface area contributed by atoms with Crippen molar-refractivity contribution in [1.29, 1.82) is 0 Å². The summed E-state index contributed by atoms with van der Waals surface area (Å²) in [6, 6.07) is 8.22. The Kier molecular flexibility index (Phi) is 4.98. The van der Waals surface area contributed by atoms with Crippen molar-refractivity contribution in [1.82, 2.24) is 9.47 Å². The average Bonchev–Trinajstić information content (AvgIpc) is 2.96. The van der Waals surface area contributed by atoms with E-state index in [9.17, 15) is 4.79 Å². The lowest BCUT2D eigenvalue weighted by Gasteiger charge is -2.21. The van der Waals surface area contributed by atoms with E-state index in [1.165, 1.54) is 5.39 Å². The fourth-order valence-corrected chi connectivity index (χ4v) is 2.96. The number of nitrogens with one attached hydrogen (secondary N) is 1. The highest BCUT2D eigenvalue weighted by molar-refractivity contribution is 5.95. The molecule has 1 amide bonds. The number of carbonyl (C=O) groups is 1. The molecule has 2 aromatic rings. The van der Waals surface area contributed by atoms with Gasteiger partial charge in [-0.3, -0.25) is 4.79 Å². The molecule has 3 rings (SSSR count). The number of nitrogens with zero attached hydrogens (tertiary/aromatic N) is 2. The van der Waals surface area contributed by atoms with Gasteiger partial charge in [-0.05, 0) is 50.5 Å². The van der Waals surface area contributed by atoms with E-state index in [4.69, 9.17) is 4.74 Å². The molecular formula is C18H25N3O2. The van der Waals surface area contributed by atoms with E-state index in [0.717, 1.165) is 43.7 Å². The normalized spacial score (nSPS) is 18.5. The molecule has 5 heteroatoms. The van der Waals surface area contributed by atoms with Gasteiger partial charge >= 0.3 is 0 Å². The minimum Gasteiger partial charge on any atom is -0.381 e. The van der Waals surface area contributed by atoms with Gasteiger partial charge < -0.3 is 19.5 Å².